The third kappa shape index (κ3) is 2.54. The van der Waals surface area contributed by atoms with Crippen LogP contribution in [0.15, 0.2) is 54.9 Å². The second kappa shape index (κ2) is 5.57. The third-order valence-electron chi connectivity index (χ3n) is 3.21. The van der Waals surface area contributed by atoms with Crippen LogP contribution in [0.2, 0.25) is 0 Å². The first kappa shape index (κ1) is 12.4. The van der Waals surface area contributed by atoms with Crippen molar-refractivity contribution in [3.63, 3.8) is 0 Å². The molecule has 0 aliphatic carbocycles. The second-order valence-corrected chi connectivity index (χ2v) is 4.60. The highest BCUT2D eigenvalue weighted by molar-refractivity contribution is 5.96. The minimum absolute atomic E-state index is 0.671. The standard InChI is InChI=1S/C16H16N4/c17-14-11-20-15-7-2-1-6-13(15)16(14)19-10-8-12-5-3-4-9-18-12/h1-7,9,11H,8,10,17H2,(H,19,20). The van der Waals surface area contributed by atoms with Gasteiger partial charge in [-0.2, -0.15) is 0 Å². The Bertz CT molecular complexity index is 710. The Morgan fingerprint density at radius 3 is 2.70 bits per heavy atom. The van der Waals surface area contributed by atoms with Gasteiger partial charge in [0.2, 0.25) is 0 Å². The molecular formula is C16H16N4. The van der Waals surface area contributed by atoms with Crippen molar-refractivity contribution in [3.8, 4) is 0 Å². The molecule has 0 saturated heterocycles. The van der Waals surface area contributed by atoms with Crippen molar-refractivity contribution < 1.29 is 0 Å². The van der Waals surface area contributed by atoms with Crippen LogP contribution in [0.5, 0.6) is 0 Å². The summed E-state index contributed by atoms with van der Waals surface area (Å²) in [7, 11) is 0. The Hall–Kier alpha value is -2.62. The quantitative estimate of drug-likeness (QED) is 0.760. The van der Waals surface area contributed by atoms with E-state index in [-0.39, 0.29) is 0 Å². The second-order valence-electron chi connectivity index (χ2n) is 4.60. The fourth-order valence-electron chi connectivity index (χ4n) is 2.22. The molecule has 0 amide bonds. The van der Waals surface area contributed by atoms with E-state index >= 15 is 0 Å². The summed E-state index contributed by atoms with van der Waals surface area (Å²) in [4.78, 5) is 8.64. The van der Waals surface area contributed by atoms with E-state index in [0.717, 1.165) is 35.2 Å². The monoisotopic (exact) mass is 264 g/mol. The molecule has 0 fully saturated rings. The first-order valence-corrected chi connectivity index (χ1v) is 6.61. The van der Waals surface area contributed by atoms with Gasteiger partial charge in [0.1, 0.15) is 0 Å². The number of nitrogens with two attached hydrogens (primary N) is 1. The van der Waals surface area contributed by atoms with Gasteiger partial charge in [-0.05, 0) is 18.2 Å². The van der Waals surface area contributed by atoms with Crippen LogP contribution in [0.25, 0.3) is 10.9 Å². The fraction of sp³-hybridized carbons (Fsp3) is 0.125. The number of hydrogen-bond acceptors (Lipinski definition) is 4. The van der Waals surface area contributed by atoms with Crippen LogP contribution in [0.3, 0.4) is 0 Å². The molecule has 1 aromatic carbocycles. The van der Waals surface area contributed by atoms with E-state index in [1.165, 1.54) is 0 Å². The van der Waals surface area contributed by atoms with Gasteiger partial charge in [0.15, 0.2) is 0 Å². The predicted octanol–water partition coefficient (Wildman–Crippen LogP) is 2.87. The first-order valence-electron chi connectivity index (χ1n) is 6.61. The summed E-state index contributed by atoms with van der Waals surface area (Å²) >= 11 is 0. The average Bonchev–Trinajstić information content (AvgIpc) is 2.50. The summed E-state index contributed by atoms with van der Waals surface area (Å²) < 4.78 is 0. The van der Waals surface area contributed by atoms with E-state index in [0.29, 0.717) is 5.69 Å². The van der Waals surface area contributed by atoms with Crippen LogP contribution in [0.1, 0.15) is 5.69 Å². The van der Waals surface area contributed by atoms with Gasteiger partial charge < -0.3 is 11.1 Å². The molecule has 0 aliphatic rings. The molecule has 100 valence electrons. The number of para-hydroxylation sites is 1. The molecule has 20 heavy (non-hydrogen) atoms. The van der Waals surface area contributed by atoms with Gasteiger partial charge in [0.05, 0.1) is 23.1 Å². The highest BCUT2D eigenvalue weighted by Crippen LogP contribution is 2.27. The molecule has 0 atom stereocenters. The molecule has 0 saturated carbocycles. The van der Waals surface area contributed by atoms with Crippen LogP contribution < -0.4 is 11.1 Å². The van der Waals surface area contributed by atoms with Crippen LogP contribution in [-0.2, 0) is 6.42 Å². The summed E-state index contributed by atoms with van der Waals surface area (Å²) in [5.74, 6) is 0. The summed E-state index contributed by atoms with van der Waals surface area (Å²) in [6, 6.07) is 13.9. The molecular weight excluding hydrogens is 248 g/mol. The molecule has 0 radical (unpaired) electrons. The Morgan fingerprint density at radius 2 is 1.85 bits per heavy atom. The van der Waals surface area contributed by atoms with Gasteiger partial charge in [-0.25, -0.2) is 0 Å². The van der Waals surface area contributed by atoms with E-state index < -0.39 is 0 Å². The number of hydrogen-bond donors (Lipinski definition) is 2. The smallest absolute Gasteiger partial charge is 0.0743 e. The lowest BCUT2D eigenvalue weighted by Gasteiger charge is -2.11. The number of anilines is 2. The number of rotatable bonds is 4. The number of fused-ring (bicyclic) bond motifs is 1. The zero-order valence-corrected chi connectivity index (χ0v) is 11.1. The van der Waals surface area contributed by atoms with Crippen molar-refractivity contribution >= 4 is 22.3 Å². The third-order valence-corrected chi connectivity index (χ3v) is 3.21. The molecule has 3 rings (SSSR count). The van der Waals surface area contributed by atoms with Crippen molar-refractivity contribution in [2.75, 3.05) is 17.6 Å². The molecule has 2 aromatic heterocycles. The maximum absolute atomic E-state index is 6.03. The number of pyridine rings is 2. The highest BCUT2D eigenvalue weighted by atomic mass is 14.9. The van der Waals surface area contributed by atoms with Crippen LogP contribution in [0, 0.1) is 0 Å². The van der Waals surface area contributed by atoms with Crippen LogP contribution >= 0.6 is 0 Å². The largest absolute Gasteiger partial charge is 0.396 e. The van der Waals surface area contributed by atoms with Gasteiger partial charge in [0, 0.05) is 30.2 Å². The molecule has 4 heteroatoms. The van der Waals surface area contributed by atoms with Crippen molar-refractivity contribution in [2.45, 2.75) is 6.42 Å². The Balaban J connectivity index is 1.79. The van der Waals surface area contributed by atoms with Gasteiger partial charge in [-0.1, -0.05) is 24.3 Å². The van der Waals surface area contributed by atoms with Crippen LogP contribution in [-0.4, -0.2) is 16.5 Å². The topological polar surface area (TPSA) is 63.8 Å². The summed E-state index contributed by atoms with van der Waals surface area (Å²) in [5.41, 5.74) is 9.66. The lowest BCUT2D eigenvalue weighted by Crippen LogP contribution is -2.08. The number of nitrogen functional groups attached to an aromatic ring is 1. The molecule has 0 unspecified atom stereocenters. The molecule has 0 bridgehead atoms. The van der Waals surface area contributed by atoms with Crippen LogP contribution in [0.4, 0.5) is 11.4 Å². The van der Waals surface area contributed by atoms with Gasteiger partial charge in [-0.15, -0.1) is 0 Å². The van der Waals surface area contributed by atoms with E-state index in [4.69, 9.17) is 5.73 Å². The normalized spacial score (nSPS) is 10.6. The van der Waals surface area contributed by atoms with Crippen molar-refractivity contribution in [2.24, 2.45) is 0 Å². The molecule has 0 spiro atoms. The molecule has 3 N–H and O–H groups in total. The van der Waals surface area contributed by atoms with E-state index in [2.05, 4.69) is 15.3 Å². The summed E-state index contributed by atoms with van der Waals surface area (Å²) in [5, 5.41) is 4.45. The Kier molecular flexibility index (Phi) is 3.46. The average molecular weight is 264 g/mol. The Morgan fingerprint density at radius 1 is 1.00 bits per heavy atom. The SMILES string of the molecule is Nc1cnc2ccccc2c1NCCc1ccccn1. The molecule has 4 nitrogen and oxygen atoms in total. The lowest BCUT2D eigenvalue weighted by molar-refractivity contribution is 0.963. The number of benzene rings is 1. The zero-order valence-electron chi connectivity index (χ0n) is 11.1. The molecule has 0 aliphatic heterocycles. The number of nitrogens with zero attached hydrogens (tertiary/aromatic N) is 2. The predicted molar refractivity (Wildman–Crippen MR) is 82.6 cm³/mol. The summed E-state index contributed by atoms with van der Waals surface area (Å²) in [6.45, 7) is 0.787. The minimum atomic E-state index is 0.671. The molecule has 3 aromatic rings. The first-order chi connectivity index (χ1) is 9.84. The van der Waals surface area contributed by atoms with Crippen molar-refractivity contribution in [3.05, 3.63) is 60.6 Å². The number of aromatic nitrogens is 2. The lowest BCUT2D eigenvalue weighted by atomic mass is 10.1. The van der Waals surface area contributed by atoms with Gasteiger partial charge in [0.25, 0.3) is 0 Å². The Labute approximate surface area is 117 Å². The van der Waals surface area contributed by atoms with Crippen molar-refractivity contribution in [1.82, 2.24) is 9.97 Å². The van der Waals surface area contributed by atoms with E-state index in [1.54, 1.807) is 6.20 Å². The zero-order chi connectivity index (χ0) is 13.8. The van der Waals surface area contributed by atoms with E-state index in [9.17, 15) is 0 Å². The van der Waals surface area contributed by atoms with Crippen molar-refractivity contribution in [1.29, 1.82) is 0 Å². The van der Waals surface area contributed by atoms with Gasteiger partial charge >= 0.3 is 0 Å². The maximum atomic E-state index is 6.03. The summed E-state index contributed by atoms with van der Waals surface area (Å²) in [6.07, 6.45) is 4.37. The fourth-order valence-corrected chi connectivity index (χ4v) is 2.22. The van der Waals surface area contributed by atoms with Gasteiger partial charge in [-0.3, -0.25) is 9.97 Å². The molecule has 2 heterocycles. The maximum Gasteiger partial charge on any atom is 0.0743 e. The minimum Gasteiger partial charge on any atom is -0.396 e. The highest BCUT2D eigenvalue weighted by Gasteiger charge is 2.05. The number of nitrogens with one attached hydrogen (secondary N) is 1. The van der Waals surface area contributed by atoms with E-state index in [1.807, 2.05) is 48.7 Å².